The molecule has 9 heteroatoms. The number of hydrogen-bond acceptors (Lipinski definition) is 8. The van der Waals surface area contributed by atoms with Crippen LogP contribution in [0.25, 0.3) is 11.1 Å². The van der Waals surface area contributed by atoms with Gasteiger partial charge in [-0.2, -0.15) is 0 Å². The molecule has 1 aliphatic rings. The van der Waals surface area contributed by atoms with Gasteiger partial charge in [0.15, 0.2) is 0 Å². The van der Waals surface area contributed by atoms with Gasteiger partial charge in [0.1, 0.15) is 42.1 Å². The molecule has 0 radical (unpaired) electrons. The summed E-state index contributed by atoms with van der Waals surface area (Å²) in [5, 5.41) is 6.94. The van der Waals surface area contributed by atoms with Crippen LogP contribution in [0.5, 0.6) is 11.5 Å². The number of nitrogens with one attached hydrogen (secondary N) is 2. The summed E-state index contributed by atoms with van der Waals surface area (Å²) < 4.78 is 22.2. The molecule has 2 heterocycles. The lowest BCUT2D eigenvalue weighted by Crippen LogP contribution is -2.36. The number of aryl methyl sites for hydroxylation is 1. The molecular formula is C23H28N4O5. The normalized spacial score (nSPS) is 15.2. The number of fused-ring (bicyclic) bond motifs is 1. The quantitative estimate of drug-likeness (QED) is 0.494. The van der Waals surface area contributed by atoms with E-state index in [0.717, 1.165) is 12.8 Å². The van der Waals surface area contributed by atoms with E-state index < -0.39 is 0 Å². The molecule has 1 saturated carbocycles. The largest absolute Gasteiger partial charge is 0.497 e. The van der Waals surface area contributed by atoms with Crippen molar-refractivity contribution in [2.75, 3.05) is 32.7 Å². The average Bonchev–Trinajstić information content (AvgIpc) is 3.41. The van der Waals surface area contributed by atoms with Gasteiger partial charge in [-0.05, 0) is 38.8 Å². The Morgan fingerprint density at radius 2 is 2.03 bits per heavy atom. The van der Waals surface area contributed by atoms with E-state index in [2.05, 4.69) is 27.5 Å². The third-order valence-corrected chi connectivity index (χ3v) is 5.61. The Kier molecular flexibility index (Phi) is 6.18. The monoisotopic (exact) mass is 440 g/mol. The summed E-state index contributed by atoms with van der Waals surface area (Å²) >= 11 is 0. The van der Waals surface area contributed by atoms with Crippen molar-refractivity contribution in [1.82, 2.24) is 15.3 Å². The SMILES string of the molecule is COc1cccc(OCC(CNC(=O)c2c(C)oc3ncnc(NC4(C)CC4)c23)OC)c1. The summed E-state index contributed by atoms with van der Waals surface area (Å²) in [6.07, 6.45) is 3.21. The van der Waals surface area contributed by atoms with Crippen molar-refractivity contribution in [2.45, 2.75) is 38.3 Å². The van der Waals surface area contributed by atoms with Crippen LogP contribution < -0.4 is 20.1 Å². The first-order valence-corrected chi connectivity index (χ1v) is 10.5. The molecule has 0 bridgehead atoms. The van der Waals surface area contributed by atoms with Gasteiger partial charge in [0.25, 0.3) is 5.91 Å². The zero-order valence-electron chi connectivity index (χ0n) is 18.7. The minimum atomic E-state index is -0.345. The van der Waals surface area contributed by atoms with Gasteiger partial charge in [0.2, 0.25) is 5.71 Å². The molecule has 4 rings (SSSR count). The van der Waals surface area contributed by atoms with Crippen molar-refractivity contribution in [2.24, 2.45) is 0 Å². The number of carbonyl (C=O) groups excluding carboxylic acids is 1. The second-order valence-corrected chi connectivity index (χ2v) is 8.18. The fourth-order valence-electron chi connectivity index (χ4n) is 3.40. The van der Waals surface area contributed by atoms with Crippen LogP contribution in [0.2, 0.25) is 0 Å². The van der Waals surface area contributed by atoms with Crippen LogP contribution in [0, 0.1) is 6.92 Å². The molecule has 32 heavy (non-hydrogen) atoms. The number of furan rings is 1. The Balaban J connectivity index is 1.44. The van der Waals surface area contributed by atoms with E-state index >= 15 is 0 Å². The Hall–Kier alpha value is -3.33. The second-order valence-electron chi connectivity index (χ2n) is 8.18. The van der Waals surface area contributed by atoms with Crippen molar-refractivity contribution in [3.8, 4) is 11.5 Å². The minimum absolute atomic E-state index is 0.00118. The van der Waals surface area contributed by atoms with Gasteiger partial charge >= 0.3 is 0 Å². The zero-order chi connectivity index (χ0) is 22.7. The number of amides is 1. The Morgan fingerprint density at radius 1 is 1.25 bits per heavy atom. The van der Waals surface area contributed by atoms with Gasteiger partial charge in [0.05, 0.1) is 18.1 Å². The van der Waals surface area contributed by atoms with E-state index in [1.807, 2.05) is 18.2 Å². The van der Waals surface area contributed by atoms with Crippen LogP contribution in [-0.2, 0) is 4.74 Å². The van der Waals surface area contributed by atoms with Crippen LogP contribution in [0.3, 0.4) is 0 Å². The highest BCUT2D eigenvalue weighted by molar-refractivity contribution is 6.10. The fourth-order valence-corrected chi connectivity index (χ4v) is 3.40. The number of rotatable bonds is 10. The molecule has 1 amide bonds. The van der Waals surface area contributed by atoms with Gasteiger partial charge in [-0.25, -0.2) is 9.97 Å². The number of benzene rings is 1. The first-order chi connectivity index (χ1) is 15.4. The van der Waals surface area contributed by atoms with Crippen molar-refractivity contribution < 1.29 is 23.4 Å². The van der Waals surface area contributed by atoms with Crippen molar-refractivity contribution in [1.29, 1.82) is 0 Å². The molecule has 2 N–H and O–H groups in total. The molecule has 0 spiro atoms. The van der Waals surface area contributed by atoms with Gasteiger partial charge in [0, 0.05) is 25.3 Å². The molecule has 1 aromatic carbocycles. The lowest BCUT2D eigenvalue weighted by Gasteiger charge is -2.17. The number of aromatic nitrogens is 2. The number of ether oxygens (including phenoxy) is 3. The number of nitrogens with zero attached hydrogens (tertiary/aromatic N) is 2. The smallest absolute Gasteiger partial charge is 0.255 e. The summed E-state index contributed by atoms with van der Waals surface area (Å²) in [5.41, 5.74) is 0.814. The Labute approximate surface area is 186 Å². The van der Waals surface area contributed by atoms with Crippen LogP contribution in [-0.4, -0.2) is 54.9 Å². The van der Waals surface area contributed by atoms with Gasteiger partial charge < -0.3 is 29.3 Å². The molecule has 0 aliphatic heterocycles. The summed E-state index contributed by atoms with van der Waals surface area (Å²) in [6.45, 7) is 4.40. The van der Waals surface area contributed by atoms with Crippen molar-refractivity contribution in [3.63, 3.8) is 0 Å². The van der Waals surface area contributed by atoms with E-state index in [-0.39, 0.29) is 30.7 Å². The van der Waals surface area contributed by atoms with Crippen molar-refractivity contribution in [3.05, 3.63) is 41.9 Å². The summed E-state index contributed by atoms with van der Waals surface area (Å²) in [4.78, 5) is 21.6. The summed E-state index contributed by atoms with van der Waals surface area (Å²) in [6, 6.07) is 7.32. The maximum atomic E-state index is 13.1. The maximum Gasteiger partial charge on any atom is 0.255 e. The van der Waals surface area contributed by atoms with Crippen LogP contribution in [0.1, 0.15) is 35.9 Å². The Morgan fingerprint density at radius 3 is 2.75 bits per heavy atom. The number of anilines is 1. The molecule has 9 nitrogen and oxygen atoms in total. The molecule has 1 unspecified atom stereocenters. The maximum absolute atomic E-state index is 13.1. The Bertz CT molecular complexity index is 1110. The highest BCUT2D eigenvalue weighted by Gasteiger charge is 2.38. The second kappa shape index (κ2) is 9.04. The van der Waals surface area contributed by atoms with Crippen molar-refractivity contribution >= 4 is 22.8 Å². The number of methoxy groups -OCH3 is 2. The van der Waals surface area contributed by atoms with E-state index in [0.29, 0.717) is 39.7 Å². The topological polar surface area (TPSA) is 108 Å². The van der Waals surface area contributed by atoms with E-state index in [1.165, 1.54) is 6.33 Å². The summed E-state index contributed by atoms with van der Waals surface area (Å²) in [7, 11) is 3.18. The lowest BCUT2D eigenvalue weighted by atomic mass is 10.1. The average molecular weight is 441 g/mol. The van der Waals surface area contributed by atoms with E-state index in [4.69, 9.17) is 18.6 Å². The fraction of sp³-hybridized carbons (Fsp3) is 0.435. The standard InChI is InChI=1S/C23H28N4O5/c1-14-18(19-20(27-23(2)8-9-23)25-13-26-22(19)32-14)21(28)24-11-17(30-4)12-31-16-7-5-6-15(10-16)29-3/h5-7,10,13,17H,8-9,11-12H2,1-4H3,(H,24,28)(H,25,26,27). The van der Waals surface area contributed by atoms with Gasteiger partial charge in [-0.15, -0.1) is 0 Å². The molecule has 1 aliphatic carbocycles. The van der Waals surface area contributed by atoms with Crippen LogP contribution in [0.4, 0.5) is 5.82 Å². The molecule has 0 saturated heterocycles. The highest BCUT2D eigenvalue weighted by atomic mass is 16.5. The molecule has 1 atom stereocenters. The predicted octanol–water partition coefficient (Wildman–Crippen LogP) is 3.33. The lowest BCUT2D eigenvalue weighted by molar-refractivity contribution is 0.0551. The molecule has 1 fully saturated rings. The third kappa shape index (κ3) is 4.77. The van der Waals surface area contributed by atoms with E-state index in [9.17, 15) is 4.79 Å². The van der Waals surface area contributed by atoms with Gasteiger partial charge in [-0.3, -0.25) is 4.79 Å². The predicted molar refractivity (Wildman–Crippen MR) is 119 cm³/mol. The first-order valence-electron chi connectivity index (χ1n) is 10.5. The minimum Gasteiger partial charge on any atom is -0.497 e. The molecule has 2 aromatic heterocycles. The number of hydrogen-bond donors (Lipinski definition) is 2. The van der Waals surface area contributed by atoms with Crippen LogP contribution >= 0.6 is 0 Å². The number of carbonyl (C=O) groups is 1. The molecular weight excluding hydrogens is 412 g/mol. The van der Waals surface area contributed by atoms with E-state index in [1.54, 1.807) is 27.2 Å². The highest BCUT2D eigenvalue weighted by Crippen LogP contribution is 2.40. The third-order valence-electron chi connectivity index (χ3n) is 5.61. The van der Waals surface area contributed by atoms with Gasteiger partial charge in [-0.1, -0.05) is 6.07 Å². The first kappa shape index (κ1) is 21.9. The molecule has 170 valence electrons. The molecule has 3 aromatic rings. The zero-order valence-corrected chi connectivity index (χ0v) is 18.7. The summed E-state index contributed by atoms with van der Waals surface area (Å²) in [5.74, 6) is 2.20. The van der Waals surface area contributed by atoms with Crippen LogP contribution in [0.15, 0.2) is 35.0 Å².